The third-order valence-electron chi connectivity index (χ3n) is 3.40. The Labute approximate surface area is 92.5 Å². The summed E-state index contributed by atoms with van der Waals surface area (Å²) in [6.07, 6.45) is 6.69. The van der Waals surface area contributed by atoms with Crippen molar-refractivity contribution in [2.24, 2.45) is 5.92 Å². The van der Waals surface area contributed by atoms with Crippen molar-refractivity contribution in [3.05, 3.63) is 0 Å². The van der Waals surface area contributed by atoms with E-state index in [-0.39, 0.29) is 0 Å². The third kappa shape index (κ3) is 4.09. The molecule has 2 heterocycles. The molecule has 2 rings (SSSR count). The van der Waals surface area contributed by atoms with Crippen molar-refractivity contribution in [1.82, 2.24) is 5.32 Å². The lowest BCUT2D eigenvalue weighted by Crippen LogP contribution is -2.30. The van der Waals surface area contributed by atoms with E-state index in [1.807, 2.05) is 0 Å². The summed E-state index contributed by atoms with van der Waals surface area (Å²) < 4.78 is 11.2. The van der Waals surface area contributed by atoms with Crippen molar-refractivity contribution in [3.63, 3.8) is 0 Å². The Morgan fingerprint density at radius 3 is 3.00 bits per heavy atom. The summed E-state index contributed by atoms with van der Waals surface area (Å²) in [6.45, 7) is 5.03. The van der Waals surface area contributed by atoms with Gasteiger partial charge < -0.3 is 14.8 Å². The molecule has 0 aromatic carbocycles. The Bertz CT molecular complexity index is 163. The first-order chi connectivity index (χ1) is 7.45. The van der Waals surface area contributed by atoms with E-state index >= 15 is 0 Å². The zero-order valence-corrected chi connectivity index (χ0v) is 9.54. The lowest BCUT2D eigenvalue weighted by molar-refractivity contribution is 0.0126. The fourth-order valence-electron chi connectivity index (χ4n) is 2.41. The fraction of sp³-hybridized carbons (Fsp3) is 1.00. The molecule has 0 amide bonds. The van der Waals surface area contributed by atoms with Gasteiger partial charge in [0, 0.05) is 13.2 Å². The molecule has 2 aliphatic heterocycles. The average molecular weight is 213 g/mol. The van der Waals surface area contributed by atoms with Gasteiger partial charge in [0.25, 0.3) is 0 Å². The zero-order valence-electron chi connectivity index (χ0n) is 9.54. The van der Waals surface area contributed by atoms with Crippen LogP contribution in [-0.2, 0) is 9.47 Å². The lowest BCUT2D eigenvalue weighted by Gasteiger charge is -2.22. The smallest absolute Gasteiger partial charge is 0.0809 e. The maximum absolute atomic E-state index is 5.67. The van der Waals surface area contributed by atoms with Crippen LogP contribution in [0.15, 0.2) is 0 Å². The van der Waals surface area contributed by atoms with Crippen LogP contribution in [0.1, 0.15) is 32.1 Å². The van der Waals surface area contributed by atoms with Crippen LogP contribution in [-0.4, -0.2) is 39.0 Å². The molecule has 3 heteroatoms. The zero-order chi connectivity index (χ0) is 10.3. The van der Waals surface area contributed by atoms with E-state index in [4.69, 9.17) is 9.47 Å². The SMILES string of the molecule is C1CNC[C@@H](CCOC[C@@H]2CCCO2)C1. The van der Waals surface area contributed by atoms with Gasteiger partial charge in [-0.05, 0) is 51.1 Å². The Morgan fingerprint density at radius 1 is 1.27 bits per heavy atom. The molecule has 15 heavy (non-hydrogen) atoms. The van der Waals surface area contributed by atoms with Crippen LogP contribution in [0.3, 0.4) is 0 Å². The monoisotopic (exact) mass is 213 g/mol. The van der Waals surface area contributed by atoms with Gasteiger partial charge in [-0.15, -0.1) is 0 Å². The van der Waals surface area contributed by atoms with E-state index in [9.17, 15) is 0 Å². The van der Waals surface area contributed by atoms with Gasteiger partial charge in [-0.2, -0.15) is 0 Å². The molecule has 0 aromatic rings. The Balaban J connectivity index is 1.47. The second kappa shape index (κ2) is 6.46. The topological polar surface area (TPSA) is 30.5 Å². The number of piperidine rings is 1. The standard InChI is InChI=1S/C12H23NO2/c1-3-11(9-13-6-1)5-8-14-10-12-4-2-7-15-12/h11-13H,1-10H2/t11-,12+/m1/s1. The molecule has 3 nitrogen and oxygen atoms in total. The molecule has 2 atom stereocenters. The maximum Gasteiger partial charge on any atom is 0.0809 e. The highest BCUT2D eigenvalue weighted by Gasteiger charge is 2.16. The van der Waals surface area contributed by atoms with Crippen LogP contribution in [0.2, 0.25) is 0 Å². The highest BCUT2D eigenvalue weighted by molar-refractivity contribution is 4.69. The van der Waals surface area contributed by atoms with Crippen LogP contribution in [0.5, 0.6) is 0 Å². The lowest BCUT2D eigenvalue weighted by atomic mass is 9.97. The van der Waals surface area contributed by atoms with Gasteiger partial charge >= 0.3 is 0 Å². The molecule has 0 unspecified atom stereocenters. The van der Waals surface area contributed by atoms with E-state index in [1.54, 1.807) is 0 Å². The van der Waals surface area contributed by atoms with Gasteiger partial charge in [-0.3, -0.25) is 0 Å². The summed E-state index contributed by atoms with van der Waals surface area (Å²) in [5.41, 5.74) is 0. The van der Waals surface area contributed by atoms with Crippen LogP contribution in [0, 0.1) is 5.92 Å². The van der Waals surface area contributed by atoms with Crippen LogP contribution in [0.4, 0.5) is 0 Å². The molecular weight excluding hydrogens is 190 g/mol. The van der Waals surface area contributed by atoms with Gasteiger partial charge in [0.05, 0.1) is 12.7 Å². The number of hydrogen-bond acceptors (Lipinski definition) is 3. The van der Waals surface area contributed by atoms with E-state index in [0.717, 1.165) is 25.7 Å². The summed E-state index contributed by atoms with van der Waals surface area (Å²) in [7, 11) is 0. The molecule has 2 saturated heterocycles. The van der Waals surface area contributed by atoms with Crippen molar-refractivity contribution < 1.29 is 9.47 Å². The van der Waals surface area contributed by atoms with Gasteiger partial charge in [0.2, 0.25) is 0 Å². The molecule has 0 spiro atoms. The Kier molecular flexibility index (Phi) is 4.90. The summed E-state index contributed by atoms with van der Waals surface area (Å²) in [5, 5.41) is 3.44. The summed E-state index contributed by atoms with van der Waals surface area (Å²) >= 11 is 0. The quantitative estimate of drug-likeness (QED) is 0.703. The predicted molar refractivity (Wildman–Crippen MR) is 60.0 cm³/mol. The Morgan fingerprint density at radius 2 is 2.27 bits per heavy atom. The van der Waals surface area contributed by atoms with E-state index in [1.165, 1.54) is 45.2 Å². The first-order valence-corrected chi connectivity index (χ1v) is 6.35. The molecular formula is C12H23NO2. The van der Waals surface area contributed by atoms with Crippen LogP contribution >= 0.6 is 0 Å². The molecule has 0 aliphatic carbocycles. The van der Waals surface area contributed by atoms with Crippen molar-refractivity contribution in [2.75, 3.05) is 32.9 Å². The largest absolute Gasteiger partial charge is 0.379 e. The average Bonchev–Trinajstić information content (AvgIpc) is 2.79. The number of rotatable bonds is 5. The molecule has 88 valence electrons. The number of ether oxygens (including phenoxy) is 2. The summed E-state index contributed by atoms with van der Waals surface area (Å²) in [4.78, 5) is 0. The number of hydrogen-bond donors (Lipinski definition) is 1. The second-order valence-electron chi connectivity index (χ2n) is 4.71. The van der Waals surface area contributed by atoms with E-state index in [0.29, 0.717) is 6.10 Å². The third-order valence-corrected chi connectivity index (χ3v) is 3.40. The van der Waals surface area contributed by atoms with Gasteiger partial charge in [0.15, 0.2) is 0 Å². The van der Waals surface area contributed by atoms with E-state index in [2.05, 4.69) is 5.32 Å². The van der Waals surface area contributed by atoms with Gasteiger partial charge in [0.1, 0.15) is 0 Å². The highest BCUT2D eigenvalue weighted by atomic mass is 16.5. The minimum Gasteiger partial charge on any atom is -0.379 e. The van der Waals surface area contributed by atoms with Crippen molar-refractivity contribution >= 4 is 0 Å². The van der Waals surface area contributed by atoms with Gasteiger partial charge in [-0.25, -0.2) is 0 Å². The molecule has 1 N–H and O–H groups in total. The molecule has 2 fully saturated rings. The minimum absolute atomic E-state index is 0.384. The Hall–Kier alpha value is -0.120. The maximum atomic E-state index is 5.67. The molecule has 0 aromatic heterocycles. The van der Waals surface area contributed by atoms with E-state index < -0.39 is 0 Å². The number of nitrogens with one attached hydrogen (secondary N) is 1. The van der Waals surface area contributed by atoms with Crippen LogP contribution < -0.4 is 5.32 Å². The summed E-state index contributed by atoms with van der Waals surface area (Å²) in [6, 6.07) is 0. The second-order valence-corrected chi connectivity index (χ2v) is 4.71. The van der Waals surface area contributed by atoms with Gasteiger partial charge in [-0.1, -0.05) is 0 Å². The molecule has 0 saturated carbocycles. The molecule has 0 radical (unpaired) electrons. The molecule has 2 aliphatic rings. The van der Waals surface area contributed by atoms with Crippen molar-refractivity contribution in [3.8, 4) is 0 Å². The summed E-state index contributed by atoms with van der Waals surface area (Å²) in [5.74, 6) is 0.836. The first-order valence-electron chi connectivity index (χ1n) is 6.35. The normalized spacial score (nSPS) is 32.0. The minimum atomic E-state index is 0.384. The van der Waals surface area contributed by atoms with Crippen LogP contribution in [0.25, 0.3) is 0 Å². The fourth-order valence-corrected chi connectivity index (χ4v) is 2.41. The highest BCUT2D eigenvalue weighted by Crippen LogP contribution is 2.15. The van der Waals surface area contributed by atoms with Crippen molar-refractivity contribution in [1.29, 1.82) is 0 Å². The molecule has 0 bridgehead atoms. The van der Waals surface area contributed by atoms with Crippen molar-refractivity contribution in [2.45, 2.75) is 38.2 Å². The predicted octanol–water partition coefficient (Wildman–Crippen LogP) is 1.57. The first kappa shape index (κ1) is 11.4.